The van der Waals surface area contributed by atoms with Crippen molar-refractivity contribution in [2.24, 2.45) is 0 Å². The topological polar surface area (TPSA) is 58.6 Å². The van der Waals surface area contributed by atoms with Gasteiger partial charge in [-0.05, 0) is 24.3 Å². The Balaban J connectivity index is 2.05. The summed E-state index contributed by atoms with van der Waals surface area (Å²) in [6.07, 6.45) is 0.293. The van der Waals surface area contributed by atoms with E-state index in [0.717, 1.165) is 11.4 Å². The lowest BCUT2D eigenvalue weighted by molar-refractivity contribution is -0.125. The smallest absolute Gasteiger partial charge is 0.232 e. The van der Waals surface area contributed by atoms with Crippen molar-refractivity contribution in [3.8, 4) is 0 Å². The Morgan fingerprint density at radius 3 is 1.96 bits per heavy atom. The molecule has 0 aliphatic carbocycles. The summed E-state index contributed by atoms with van der Waals surface area (Å²) in [4.78, 5) is 26.1. The highest BCUT2D eigenvalue weighted by Crippen LogP contribution is 2.26. The molecule has 24 heavy (non-hydrogen) atoms. The Hall–Kier alpha value is -2.66. The summed E-state index contributed by atoms with van der Waals surface area (Å²) in [6, 6.07) is 18.9. The fourth-order valence-corrected chi connectivity index (χ4v) is 2.30. The third kappa shape index (κ3) is 5.21. The average molecular weight is 326 g/mol. The van der Waals surface area contributed by atoms with Gasteiger partial charge in [0.05, 0.1) is 6.61 Å². The second-order valence-corrected chi connectivity index (χ2v) is 5.24. The Bertz CT molecular complexity index is 605. The maximum absolute atomic E-state index is 12.7. The van der Waals surface area contributed by atoms with Crippen molar-refractivity contribution in [3.05, 3.63) is 60.7 Å². The predicted molar refractivity (Wildman–Crippen MR) is 94.1 cm³/mol. The standard InChI is InChI=1S/C19H22N2O3/c1-24-15-14-20-18(22)12-13-19(23)21(16-8-4-2-5-9-16)17-10-6-3-7-11-17/h2-11H,12-15H2,1H3,(H,20,22). The largest absolute Gasteiger partial charge is 0.383 e. The van der Waals surface area contributed by atoms with Crippen LogP contribution in [0.1, 0.15) is 12.8 Å². The fraction of sp³-hybridized carbons (Fsp3) is 0.263. The summed E-state index contributed by atoms with van der Waals surface area (Å²) >= 11 is 0. The van der Waals surface area contributed by atoms with E-state index in [9.17, 15) is 9.59 Å². The molecule has 0 fully saturated rings. The monoisotopic (exact) mass is 326 g/mol. The van der Waals surface area contributed by atoms with E-state index in [0.29, 0.717) is 13.2 Å². The molecular weight excluding hydrogens is 304 g/mol. The van der Waals surface area contributed by atoms with E-state index in [1.165, 1.54) is 0 Å². The molecule has 0 aliphatic rings. The van der Waals surface area contributed by atoms with Crippen LogP contribution in [0.5, 0.6) is 0 Å². The van der Waals surface area contributed by atoms with Crippen LogP contribution in [0.25, 0.3) is 0 Å². The second kappa shape index (κ2) is 9.47. The van der Waals surface area contributed by atoms with Crippen molar-refractivity contribution in [2.75, 3.05) is 25.2 Å². The molecule has 5 heteroatoms. The van der Waals surface area contributed by atoms with Crippen molar-refractivity contribution < 1.29 is 14.3 Å². The van der Waals surface area contributed by atoms with Crippen molar-refractivity contribution in [3.63, 3.8) is 0 Å². The Morgan fingerprint density at radius 1 is 0.917 bits per heavy atom. The van der Waals surface area contributed by atoms with Crippen LogP contribution in [0.4, 0.5) is 11.4 Å². The lowest BCUT2D eigenvalue weighted by Crippen LogP contribution is -2.30. The van der Waals surface area contributed by atoms with Gasteiger partial charge in [0.2, 0.25) is 11.8 Å². The number of anilines is 2. The minimum atomic E-state index is -0.151. The molecule has 0 unspecified atom stereocenters. The number of rotatable bonds is 8. The van der Waals surface area contributed by atoms with Gasteiger partial charge in [-0.2, -0.15) is 0 Å². The van der Waals surface area contributed by atoms with Crippen LogP contribution in [-0.4, -0.2) is 32.1 Å². The summed E-state index contributed by atoms with van der Waals surface area (Å²) in [6.45, 7) is 0.907. The number of carbonyl (C=O) groups excluding carboxylic acids is 2. The molecule has 2 aromatic carbocycles. The van der Waals surface area contributed by atoms with E-state index in [4.69, 9.17) is 4.74 Å². The van der Waals surface area contributed by atoms with Gasteiger partial charge in [-0.3, -0.25) is 14.5 Å². The van der Waals surface area contributed by atoms with Crippen LogP contribution in [0.2, 0.25) is 0 Å². The van der Waals surface area contributed by atoms with Crippen molar-refractivity contribution in [1.82, 2.24) is 5.32 Å². The van der Waals surface area contributed by atoms with Gasteiger partial charge in [0.25, 0.3) is 0 Å². The molecule has 0 atom stereocenters. The Labute approximate surface area is 142 Å². The zero-order chi connectivity index (χ0) is 17.2. The highest BCUT2D eigenvalue weighted by Gasteiger charge is 2.18. The minimum absolute atomic E-state index is 0.116. The van der Waals surface area contributed by atoms with Crippen LogP contribution < -0.4 is 10.2 Å². The highest BCUT2D eigenvalue weighted by atomic mass is 16.5. The molecular formula is C19H22N2O3. The first-order valence-electron chi connectivity index (χ1n) is 7.91. The summed E-state index contributed by atoms with van der Waals surface area (Å²) in [5.41, 5.74) is 1.57. The van der Waals surface area contributed by atoms with Gasteiger partial charge < -0.3 is 10.1 Å². The number of amides is 2. The van der Waals surface area contributed by atoms with E-state index in [-0.39, 0.29) is 24.7 Å². The van der Waals surface area contributed by atoms with Gasteiger partial charge in [-0.25, -0.2) is 0 Å². The number of carbonyl (C=O) groups is 2. The first-order valence-corrected chi connectivity index (χ1v) is 7.91. The number of nitrogens with zero attached hydrogens (tertiary/aromatic N) is 1. The fourth-order valence-electron chi connectivity index (χ4n) is 2.30. The van der Waals surface area contributed by atoms with Gasteiger partial charge in [0, 0.05) is 37.9 Å². The molecule has 0 aromatic heterocycles. The lowest BCUT2D eigenvalue weighted by Gasteiger charge is -2.23. The molecule has 2 aromatic rings. The number of hydrogen-bond donors (Lipinski definition) is 1. The zero-order valence-electron chi connectivity index (χ0n) is 13.8. The molecule has 2 amide bonds. The van der Waals surface area contributed by atoms with Crippen molar-refractivity contribution in [2.45, 2.75) is 12.8 Å². The molecule has 5 nitrogen and oxygen atoms in total. The SMILES string of the molecule is COCCNC(=O)CCC(=O)N(c1ccccc1)c1ccccc1. The van der Waals surface area contributed by atoms with Crippen LogP contribution in [0.15, 0.2) is 60.7 Å². The molecule has 0 saturated carbocycles. The van der Waals surface area contributed by atoms with Crippen molar-refractivity contribution >= 4 is 23.2 Å². The summed E-state index contributed by atoms with van der Waals surface area (Å²) in [5.74, 6) is -0.268. The van der Waals surface area contributed by atoms with Gasteiger partial charge >= 0.3 is 0 Å². The van der Waals surface area contributed by atoms with Gasteiger partial charge in [0.1, 0.15) is 0 Å². The maximum Gasteiger partial charge on any atom is 0.232 e. The molecule has 0 bridgehead atoms. The third-order valence-electron chi connectivity index (χ3n) is 3.47. The zero-order valence-corrected chi connectivity index (χ0v) is 13.8. The van der Waals surface area contributed by atoms with E-state index < -0.39 is 0 Å². The van der Waals surface area contributed by atoms with Crippen molar-refractivity contribution in [1.29, 1.82) is 0 Å². The average Bonchev–Trinajstić information content (AvgIpc) is 2.62. The summed E-state index contributed by atoms with van der Waals surface area (Å²) in [5, 5.41) is 2.72. The van der Waals surface area contributed by atoms with E-state index in [1.54, 1.807) is 12.0 Å². The predicted octanol–water partition coefficient (Wildman–Crippen LogP) is 2.89. The quantitative estimate of drug-likeness (QED) is 0.759. The molecule has 1 N–H and O–H groups in total. The molecule has 0 saturated heterocycles. The summed E-state index contributed by atoms with van der Waals surface area (Å²) < 4.78 is 4.88. The van der Waals surface area contributed by atoms with E-state index >= 15 is 0 Å². The number of ether oxygens (including phenoxy) is 1. The summed E-state index contributed by atoms with van der Waals surface area (Å²) in [7, 11) is 1.58. The molecule has 0 aliphatic heterocycles. The van der Waals surface area contributed by atoms with E-state index in [2.05, 4.69) is 5.32 Å². The third-order valence-corrected chi connectivity index (χ3v) is 3.47. The van der Waals surface area contributed by atoms with Crippen LogP contribution in [-0.2, 0) is 14.3 Å². The molecule has 126 valence electrons. The van der Waals surface area contributed by atoms with Gasteiger partial charge in [-0.1, -0.05) is 36.4 Å². The number of para-hydroxylation sites is 2. The Kier molecular flexibility index (Phi) is 6.98. The maximum atomic E-state index is 12.7. The highest BCUT2D eigenvalue weighted by molar-refractivity contribution is 6.01. The van der Waals surface area contributed by atoms with E-state index in [1.807, 2.05) is 60.7 Å². The molecule has 0 heterocycles. The molecule has 2 rings (SSSR count). The molecule has 0 spiro atoms. The minimum Gasteiger partial charge on any atom is -0.383 e. The molecule has 0 radical (unpaired) electrons. The van der Waals surface area contributed by atoms with Gasteiger partial charge in [0.15, 0.2) is 0 Å². The number of benzene rings is 2. The Morgan fingerprint density at radius 2 is 1.46 bits per heavy atom. The second-order valence-electron chi connectivity index (χ2n) is 5.24. The van der Waals surface area contributed by atoms with Gasteiger partial charge in [-0.15, -0.1) is 0 Å². The van der Waals surface area contributed by atoms with Crippen LogP contribution in [0.3, 0.4) is 0 Å². The number of hydrogen-bond acceptors (Lipinski definition) is 3. The normalized spacial score (nSPS) is 10.2. The van der Waals surface area contributed by atoms with Crippen LogP contribution >= 0.6 is 0 Å². The number of methoxy groups -OCH3 is 1. The first-order chi connectivity index (χ1) is 11.7. The van der Waals surface area contributed by atoms with Crippen LogP contribution in [0, 0.1) is 0 Å². The lowest BCUT2D eigenvalue weighted by atomic mass is 10.2. The number of nitrogens with one attached hydrogen (secondary N) is 1. The first kappa shape index (κ1) is 17.7.